The van der Waals surface area contributed by atoms with Gasteiger partial charge in [0.1, 0.15) is 0 Å². The molecule has 1 atom stereocenters. The normalized spacial score (nSPS) is 19.8. The molecule has 0 spiro atoms. The van der Waals surface area contributed by atoms with Crippen molar-refractivity contribution in [3.8, 4) is 11.5 Å². The molecule has 2 aliphatic rings. The molecule has 0 amide bonds. The van der Waals surface area contributed by atoms with Crippen LogP contribution in [-0.4, -0.2) is 37.5 Å². The van der Waals surface area contributed by atoms with Crippen LogP contribution in [0.1, 0.15) is 52.0 Å². The number of allylic oxidation sites excluding steroid dienone is 3. The van der Waals surface area contributed by atoms with Crippen LogP contribution in [0.3, 0.4) is 0 Å². The van der Waals surface area contributed by atoms with E-state index < -0.39 is 16.8 Å². The van der Waals surface area contributed by atoms with Crippen molar-refractivity contribution in [3.05, 3.63) is 50.4 Å². The van der Waals surface area contributed by atoms with Crippen LogP contribution in [0.4, 0.5) is 5.69 Å². The van der Waals surface area contributed by atoms with E-state index >= 15 is 0 Å². The standard InChI is InChI=1S/C23H28N2O7/c1-7-32-22(27)19-12(2)24-14-10-23(3,4)11-16(26)21(14)20(19)13-8-17(30-5)18(31-6)9-15(13)25(28)29/h8-9,20,24H,7,10-11H2,1-6H3/t20-/m0/s1. The fourth-order valence-electron chi connectivity index (χ4n) is 4.50. The van der Waals surface area contributed by atoms with Crippen LogP contribution in [0, 0.1) is 15.5 Å². The predicted octanol–water partition coefficient (Wildman–Crippen LogP) is 3.78. The van der Waals surface area contributed by atoms with Gasteiger partial charge in [-0.3, -0.25) is 14.9 Å². The lowest BCUT2D eigenvalue weighted by atomic mass is 9.68. The zero-order valence-corrected chi connectivity index (χ0v) is 19.2. The lowest BCUT2D eigenvalue weighted by Gasteiger charge is -2.39. The molecule has 1 aliphatic heterocycles. The average Bonchev–Trinajstić information content (AvgIpc) is 2.70. The molecule has 32 heavy (non-hydrogen) atoms. The lowest BCUT2D eigenvalue weighted by molar-refractivity contribution is -0.385. The Morgan fingerprint density at radius 2 is 1.84 bits per heavy atom. The van der Waals surface area contributed by atoms with E-state index in [1.165, 1.54) is 26.4 Å². The summed E-state index contributed by atoms with van der Waals surface area (Å²) in [7, 11) is 2.80. The van der Waals surface area contributed by atoms with E-state index in [1.54, 1.807) is 13.8 Å². The van der Waals surface area contributed by atoms with Gasteiger partial charge in [-0.25, -0.2) is 4.79 Å². The van der Waals surface area contributed by atoms with Gasteiger partial charge in [0, 0.05) is 29.0 Å². The molecule has 0 unspecified atom stereocenters. The number of nitro benzene ring substituents is 1. The summed E-state index contributed by atoms with van der Waals surface area (Å²) >= 11 is 0. The molecule has 1 N–H and O–H groups in total. The SMILES string of the molecule is CCOC(=O)C1=C(C)NC2=C(C(=O)CC(C)(C)C2)[C@H]1c1cc(OC)c(OC)cc1[N+](=O)[O-]. The third kappa shape index (κ3) is 4.06. The van der Waals surface area contributed by atoms with Crippen molar-refractivity contribution < 1.29 is 28.7 Å². The molecule has 172 valence electrons. The maximum Gasteiger partial charge on any atom is 0.336 e. The Labute approximate surface area is 186 Å². The van der Waals surface area contributed by atoms with Gasteiger partial charge in [-0.1, -0.05) is 13.8 Å². The summed E-state index contributed by atoms with van der Waals surface area (Å²) in [6.07, 6.45) is 0.833. The van der Waals surface area contributed by atoms with E-state index in [1.807, 2.05) is 13.8 Å². The molecule has 1 aromatic rings. The van der Waals surface area contributed by atoms with Crippen molar-refractivity contribution in [1.29, 1.82) is 0 Å². The Hall–Kier alpha value is -3.36. The highest BCUT2D eigenvalue weighted by Crippen LogP contribution is 2.50. The first-order valence-electron chi connectivity index (χ1n) is 10.4. The van der Waals surface area contributed by atoms with Gasteiger partial charge < -0.3 is 19.5 Å². The summed E-state index contributed by atoms with van der Waals surface area (Å²) in [4.78, 5) is 37.8. The number of methoxy groups -OCH3 is 2. The Morgan fingerprint density at radius 1 is 1.22 bits per heavy atom. The highest BCUT2D eigenvalue weighted by molar-refractivity contribution is 6.04. The zero-order valence-electron chi connectivity index (χ0n) is 19.2. The van der Waals surface area contributed by atoms with Crippen LogP contribution in [0.2, 0.25) is 0 Å². The maximum absolute atomic E-state index is 13.3. The van der Waals surface area contributed by atoms with Crippen molar-refractivity contribution in [2.75, 3.05) is 20.8 Å². The van der Waals surface area contributed by atoms with Crippen molar-refractivity contribution in [3.63, 3.8) is 0 Å². The number of carbonyl (C=O) groups is 2. The zero-order chi connectivity index (χ0) is 23.8. The number of ketones is 1. The van der Waals surface area contributed by atoms with E-state index in [4.69, 9.17) is 14.2 Å². The Bertz CT molecular complexity index is 1050. The number of dihydropyridines is 1. The van der Waals surface area contributed by atoms with Gasteiger partial charge in [0.05, 0.1) is 43.3 Å². The molecule has 0 radical (unpaired) electrons. The highest BCUT2D eigenvalue weighted by atomic mass is 16.6. The Morgan fingerprint density at radius 3 is 2.41 bits per heavy atom. The first kappa shape index (κ1) is 23.3. The minimum atomic E-state index is -0.964. The van der Waals surface area contributed by atoms with Crippen molar-refractivity contribution in [1.82, 2.24) is 5.32 Å². The fourth-order valence-corrected chi connectivity index (χ4v) is 4.50. The summed E-state index contributed by atoms with van der Waals surface area (Å²) in [5, 5.41) is 15.2. The minimum absolute atomic E-state index is 0.128. The monoisotopic (exact) mass is 444 g/mol. The van der Waals surface area contributed by atoms with Crippen LogP contribution in [-0.2, 0) is 14.3 Å². The molecule has 0 saturated carbocycles. The number of hydrogen-bond acceptors (Lipinski definition) is 8. The van der Waals surface area contributed by atoms with E-state index in [-0.39, 0.29) is 52.5 Å². The van der Waals surface area contributed by atoms with Crippen molar-refractivity contribution in [2.45, 2.75) is 46.5 Å². The molecule has 0 saturated heterocycles. The molecule has 0 fully saturated rings. The number of rotatable bonds is 6. The second-order valence-electron chi connectivity index (χ2n) is 8.67. The molecule has 1 aromatic carbocycles. The summed E-state index contributed by atoms with van der Waals surface area (Å²) < 4.78 is 15.9. The number of esters is 1. The number of nitro groups is 1. The molecule has 0 bridgehead atoms. The second-order valence-corrected chi connectivity index (χ2v) is 8.67. The van der Waals surface area contributed by atoms with Crippen LogP contribution < -0.4 is 14.8 Å². The first-order chi connectivity index (χ1) is 15.0. The molecule has 1 aliphatic carbocycles. The Kier molecular flexibility index (Phi) is 6.29. The summed E-state index contributed by atoms with van der Waals surface area (Å²) in [5.41, 5.74) is 1.33. The average molecular weight is 444 g/mol. The van der Waals surface area contributed by atoms with Gasteiger partial charge in [0.15, 0.2) is 17.3 Å². The number of benzene rings is 1. The van der Waals surface area contributed by atoms with E-state index in [0.29, 0.717) is 23.4 Å². The molecule has 3 rings (SSSR count). The van der Waals surface area contributed by atoms with Crippen LogP contribution >= 0.6 is 0 Å². The summed E-state index contributed by atoms with van der Waals surface area (Å²) in [6, 6.07) is 2.73. The van der Waals surface area contributed by atoms with Gasteiger partial charge in [-0.2, -0.15) is 0 Å². The fraction of sp³-hybridized carbons (Fsp3) is 0.478. The van der Waals surface area contributed by atoms with Crippen LogP contribution in [0.5, 0.6) is 11.5 Å². The van der Waals surface area contributed by atoms with Crippen LogP contribution in [0.25, 0.3) is 0 Å². The number of ether oxygens (including phenoxy) is 3. The summed E-state index contributed by atoms with van der Waals surface area (Å²) in [5.74, 6) is -1.31. The van der Waals surface area contributed by atoms with E-state index in [2.05, 4.69) is 5.32 Å². The molecular formula is C23H28N2O7. The summed E-state index contributed by atoms with van der Waals surface area (Å²) in [6.45, 7) is 7.50. The largest absolute Gasteiger partial charge is 0.493 e. The number of nitrogens with one attached hydrogen (secondary N) is 1. The quantitative estimate of drug-likeness (QED) is 0.400. The molecule has 0 aromatic heterocycles. The molecule has 1 heterocycles. The third-order valence-electron chi connectivity index (χ3n) is 5.78. The second kappa shape index (κ2) is 8.64. The number of hydrogen-bond donors (Lipinski definition) is 1. The van der Waals surface area contributed by atoms with Gasteiger partial charge in [-0.05, 0) is 31.7 Å². The van der Waals surface area contributed by atoms with Crippen molar-refractivity contribution >= 4 is 17.4 Å². The van der Waals surface area contributed by atoms with Crippen molar-refractivity contribution in [2.24, 2.45) is 5.41 Å². The predicted molar refractivity (Wildman–Crippen MR) is 116 cm³/mol. The molecule has 9 heteroatoms. The maximum atomic E-state index is 13.3. The van der Waals surface area contributed by atoms with E-state index in [9.17, 15) is 19.7 Å². The smallest absolute Gasteiger partial charge is 0.336 e. The van der Waals surface area contributed by atoms with E-state index in [0.717, 1.165) is 0 Å². The first-order valence-corrected chi connectivity index (χ1v) is 10.4. The van der Waals surface area contributed by atoms with Gasteiger partial charge >= 0.3 is 5.97 Å². The van der Waals surface area contributed by atoms with Gasteiger partial charge in [-0.15, -0.1) is 0 Å². The third-order valence-corrected chi connectivity index (χ3v) is 5.78. The number of carbonyl (C=O) groups excluding carboxylic acids is 2. The lowest BCUT2D eigenvalue weighted by Crippen LogP contribution is -2.38. The topological polar surface area (TPSA) is 117 Å². The number of Topliss-reactive ketones (excluding diaryl/α,β-unsaturated/α-hetero) is 1. The highest BCUT2D eigenvalue weighted by Gasteiger charge is 2.45. The number of nitrogens with zero attached hydrogens (tertiary/aromatic N) is 1. The molecule has 9 nitrogen and oxygen atoms in total. The minimum Gasteiger partial charge on any atom is -0.493 e. The van der Waals surface area contributed by atoms with Gasteiger partial charge in [0.2, 0.25) is 0 Å². The Balaban J connectivity index is 2.35. The van der Waals surface area contributed by atoms with Gasteiger partial charge in [0.25, 0.3) is 5.69 Å². The molecular weight excluding hydrogens is 416 g/mol. The van der Waals surface area contributed by atoms with Crippen LogP contribution in [0.15, 0.2) is 34.7 Å².